The van der Waals surface area contributed by atoms with Crippen LogP contribution in [0.4, 0.5) is 0 Å². The lowest BCUT2D eigenvalue weighted by Crippen LogP contribution is -2.30. The molecule has 0 aliphatic rings. The first-order valence-corrected chi connectivity index (χ1v) is 43.6. The van der Waals surface area contributed by atoms with Crippen molar-refractivity contribution >= 4 is 39.5 Å². The summed E-state index contributed by atoms with van der Waals surface area (Å²) in [5.74, 6) is -1.36. The normalized spacial score (nSPS) is 13.9. The third kappa shape index (κ3) is 72.2. The highest BCUT2D eigenvalue weighted by atomic mass is 31.2. The second kappa shape index (κ2) is 71.1. The van der Waals surface area contributed by atoms with E-state index in [2.05, 4.69) is 34.6 Å². The Hall–Kier alpha value is -1.94. The van der Waals surface area contributed by atoms with E-state index in [1.165, 1.54) is 231 Å². The average Bonchev–Trinajstić information content (AvgIpc) is 2.76. The van der Waals surface area contributed by atoms with Gasteiger partial charge in [0.15, 0.2) is 12.2 Å². The first kappa shape index (κ1) is 95.1. The number of ether oxygens (including phenoxy) is 4. The van der Waals surface area contributed by atoms with E-state index in [-0.39, 0.29) is 25.7 Å². The largest absolute Gasteiger partial charge is 0.472 e. The number of esters is 4. The third-order valence-corrected chi connectivity index (χ3v) is 20.2. The van der Waals surface area contributed by atoms with Crippen LogP contribution in [0, 0.1) is 5.92 Å². The van der Waals surface area contributed by atoms with Crippen molar-refractivity contribution in [2.45, 2.75) is 432 Å². The second-order valence-corrected chi connectivity index (χ2v) is 31.5. The van der Waals surface area contributed by atoms with Crippen LogP contribution in [-0.2, 0) is 65.4 Å². The van der Waals surface area contributed by atoms with Gasteiger partial charge in [-0.15, -0.1) is 0 Å². The van der Waals surface area contributed by atoms with Crippen LogP contribution in [0.1, 0.15) is 413 Å². The zero-order valence-electron chi connectivity index (χ0n) is 63.2. The number of carbonyl (C=O) groups excluding carboxylic acids is 4. The van der Waals surface area contributed by atoms with Gasteiger partial charge in [0, 0.05) is 25.7 Å². The fourth-order valence-corrected chi connectivity index (χ4v) is 13.6. The Morgan fingerprint density at radius 3 is 0.701 bits per heavy atom. The molecular formula is C78H152O17P2. The summed E-state index contributed by atoms with van der Waals surface area (Å²) in [5.41, 5.74) is 0. The minimum Gasteiger partial charge on any atom is -0.462 e. The highest BCUT2D eigenvalue weighted by Gasteiger charge is 2.30. The summed E-state index contributed by atoms with van der Waals surface area (Å²) in [6, 6.07) is 0. The molecule has 0 aliphatic heterocycles. The Bertz CT molecular complexity index is 1860. The smallest absolute Gasteiger partial charge is 0.462 e. The maximum absolute atomic E-state index is 13.1. The van der Waals surface area contributed by atoms with Crippen LogP contribution in [0.25, 0.3) is 0 Å². The molecule has 0 amide bonds. The minimum atomic E-state index is -4.96. The highest BCUT2D eigenvalue weighted by Crippen LogP contribution is 2.45. The topological polar surface area (TPSA) is 237 Å². The van der Waals surface area contributed by atoms with E-state index in [4.69, 9.17) is 37.0 Å². The molecule has 576 valence electrons. The van der Waals surface area contributed by atoms with Gasteiger partial charge in [-0.25, -0.2) is 9.13 Å². The van der Waals surface area contributed by atoms with Crippen molar-refractivity contribution in [3.8, 4) is 0 Å². The van der Waals surface area contributed by atoms with Crippen molar-refractivity contribution in [1.29, 1.82) is 0 Å². The fourth-order valence-electron chi connectivity index (χ4n) is 12.1. The Balaban J connectivity index is 5.18. The van der Waals surface area contributed by atoms with Crippen molar-refractivity contribution < 1.29 is 80.2 Å². The number of rotatable bonds is 78. The van der Waals surface area contributed by atoms with E-state index >= 15 is 0 Å². The predicted molar refractivity (Wildman–Crippen MR) is 395 cm³/mol. The van der Waals surface area contributed by atoms with Crippen molar-refractivity contribution in [2.24, 2.45) is 5.92 Å². The quantitative estimate of drug-likeness (QED) is 0.0222. The number of phosphoric acid groups is 2. The first-order chi connectivity index (χ1) is 47.0. The van der Waals surface area contributed by atoms with Gasteiger partial charge in [-0.05, 0) is 31.6 Å². The van der Waals surface area contributed by atoms with Gasteiger partial charge < -0.3 is 33.8 Å². The molecule has 17 nitrogen and oxygen atoms in total. The van der Waals surface area contributed by atoms with E-state index in [0.29, 0.717) is 25.7 Å². The standard InChI is InChI=1S/C78H152O17P2/c1-6-9-12-15-18-21-23-25-27-28-29-30-31-32-34-36-38-43-48-53-58-63-77(82)95-74(68-89-76(81)62-57-52-47-42-37-35-33-26-24-22-19-16-13-10-7-2)70-93-97(86,87)91-66-72(79)65-90-96(84,85)92-69-73(67-88-75(80)61-56-51-46-20-17-14-11-8-3)94-78(83)64-59-54-49-44-40-39-41-45-50-55-60-71(4)5/h71-74,79H,6-70H2,1-5H3,(H,84,85)(H,86,87)/t72-,73+,74+/m0/s1. The van der Waals surface area contributed by atoms with Crippen LogP contribution in [0.3, 0.4) is 0 Å². The van der Waals surface area contributed by atoms with Gasteiger partial charge >= 0.3 is 39.5 Å². The van der Waals surface area contributed by atoms with E-state index < -0.39 is 97.5 Å². The van der Waals surface area contributed by atoms with Gasteiger partial charge in [-0.1, -0.05) is 362 Å². The molecule has 0 radical (unpaired) electrons. The highest BCUT2D eigenvalue weighted by molar-refractivity contribution is 7.47. The summed E-state index contributed by atoms with van der Waals surface area (Å²) in [6.45, 7) is 7.27. The van der Waals surface area contributed by atoms with E-state index in [0.717, 1.165) is 102 Å². The third-order valence-electron chi connectivity index (χ3n) is 18.3. The van der Waals surface area contributed by atoms with Crippen LogP contribution in [0.15, 0.2) is 0 Å². The zero-order chi connectivity index (χ0) is 71.2. The summed E-state index contributed by atoms with van der Waals surface area (Å²) in [4.78, 5) is 72.8. The molecule has 3 N–H and O–H groups in total. The van der Waals surface area contributed by atoms with Crippen LogP contribution in [0.2, 0.25) is 0 Å². The molecular weight excluding hydrogens is 1270 g/mol. The molecule has 2 unspecified atom stereocenters. The molecule has 0 bridgehead atoms. The summed E-state index contributed by atoms with van der Waals surface area (Å²) in [7, 11) is -9.91. The molecule has 0 aromatic rings. The summed E-state index contributed by atoms with van der Waals surface area (Å²) >= 11 is 0. The van der Waals surface area contributed by atoms with Crippen molar-refractivity contribution in [1.82, 2.24) is 0 Å². The Morgan fingerprint density at radius 1 is 0.278 bits per heavy atom. The van der Waals surface area contributed by atoms with Crippen LogP contribution < -0.4 is 0 Å². The monoisotopic (exact) mass is 1420 g/mol. The molecule has 0 spiro atoms. The van der Waals surface area contributed by atoms with Gasteiger partial charge in [0.05, 0.1) is 26.4 Å². The number of aliphatic hydroxyl groups is 1. The van der Waals surface area contributed by atoms with Crippen molar-refractivity contribution in [2.75, 3.05) is 39.6 Å². The average molecular weight is 1420 g/mol. The number of hydrogen-bond acceptors (Lipinski definition) is 15. The van der Waals surface area contributed by atoms with Gasteiger partial charge in [0.2, 0.25) is 0 Å². The first-order valence-electron chi connectivity index (χ1n) is 40.6. The van der Waals surface area contributed by atoms with E-state index in [1.807, 2.05) is 0 Å². The molecule has 0 aliphatic carbocycles. The SMILES string of the molecule is CCCCCCCCCCCCCCCCCCCCCCCC(=O)O[C@H](COC(=O)CCCCCCCCCCCCCCCCC)COP(=O)(O)OC[C@@H](O)COP(=O)(O)OC[C@@H](COC(=O)CCCCCCCCCC)OC(=O)CCCCCCCCCCCCC(C)C. The van der Waals surface area contributed by atoms with Crippen molar-refractivity contribution in [3.63, 3.8) is 0 Å². The number of hydrogen-bond donors (Lipinski definition) is 3. The van der Waals surface area contributed by atoms with Gasteiger partial charge in [0.25, 0.3) is 0 Å². The number of aliphatic hydroxyl groups excluding tert-OH is 1. The molecule has 19 heteroatoms. The summed E-state index contributed by atoms with van der Waals surface area (Å²) in [6.07, 6.45) is 61.2. The van der Waals surface area contributed by atoms with Crippen molar-refractivity contribution in [3.05, 3.63) is 0 Å². The Labute approximate surface area is 594 Å². The molecule has 0 rings (SSSR count). The minimum absolute atomic E-state index is 0.106. The van der Waals surface area contributed by atoms with Gasteiger partial charge in [0.1, 0.15) is 19.3 Å². The predicted octanol–water partition coefficient (Wildman–Crippen LogP) is 23.3. The molecule has 0 aromatic carbocycles. The van der Waals surface area contributed by atoms with Crippen LogP contribution >= 0.6 is 15.6 Å². The van der Waals surface area contributed by atoms with Crippen LogP contribution in [0.5, 0.6) is 0 Å². The summed E-state index contributed by atoms with van der Waals surface area (Å²) < 4.78 is 68.5. The number of carbonyl (C=O) groups is 4. The number of phosphoric ester groups is 2. The Kier molecular flexibility index (Phi) is 69.6. The van der Waals surface area contributed by atoms with E-state index in [9.17, 15) is 43.2 Å². The molecule has 0 saturated heterocycles. The van der Waals surface area contributed by atoms with Gasteiger partial charge in [-0.3, -0.25) is 37.3 Å². The zero-order valence-corrected chi connectivity index (χ0v) is 65.0. The lowest BCUT2D eigenvalue weighted by atomic mass is 10.0. The lowest BCUT2D eigenvalue weighted by Gasteiger charge is -2.21. The maximum atomic E-state index is 13.1. The second-order valence-electron chi connectivity index (χ2n) is 28.6. The maximum Gasteiger partial charge on any atom is 0.472 e. The molecule has 0 fully saturated rings. The lowest BCUT2D eigenvalue weighted by molar-refractivity contribution is -0.161. The summed E-state index contributed by atoms with van der Waals surface area (Å²) in [5, 5.41) is 10.6. The molecule has 97 heavy (non-hydrogen) atoms. The molecule has 5 atom stereocenters. The Morgan fingerprint density at radius 2 is 0.474 bits per heavy atom. The van der Waals surface area contributed by atoms with Crippen LogP contribution in [-0.4, -0.2) is 96.7 Å². The van der Waals surface area contributed by atoms with Gasteiger partial charge in [-0.2, -0.15) is 0 Å². The molecule has 0 saturated carbocycles. The van der Waals surface area contributed by atoms with E-state index in [1.54, 1.807) is 0 Å². The number of unbranched alkanes of at least 4 members (excludes halogenated alkanes) is 50. The molecule has 0 heterocycles. The fraction of sp³-hybridized carbons (Fsp3) is 0.949. The molecule has 0 aromatic heterocycles.